The van der Waals surface area contributed by atoms with E-state index in [9.17, 15) is 0 Å². The molecule has 2 aliphatic rings. The van der Waals surface area contributed by atoms with E-state index in [0.29, 0.717) is 11.0 Å². The summed E-state index contributed by atoms with van der Waals surface area (Å²) in [5, 5.41) is 13.2. The lowest BCUT2D eigenvalue weighted by Gasteiger charge is -2.40. The van der Waals surface area contributed by atoms with Crippen molar-refractivity contribution in [2.24, 2.45) is 12.5 Å². The molecule has 3 rings (SSSR count). The van der Waals surface area contributed by atoms with Gasteiger partial charge >= 0.3 is 0 Å². The first kappa shape index (κ1) is 7.86. The second kappa shape index (κ2) is 2.30. The molecule has 1 spiro atoms. The molecule has 0 aromatic carbocycles. The maximum absolute atomic E-state index is 8.92. The van der Waals surface area contributed by atoms with Gasteiger partial charge in [-0.2, -0.15) is 10.4 Å². The third-order valence-corrected chi connectivity index (χ3v) is 3.24. The van der Waals surface area contributed by atoms with Crippen molar-refractivity contribution in [3.05, 3.63) is 11.8 Å². The number of nitrogens with zero attached hydrogens (tertiary/aromatic N) is 4. The maximum Gasteiger partial charge on any atom is 0.168 e. The Bertz CT molecular complexity index is 414. The van der Waals surface area contributed by atoms with Crippen LogP contribution in [-0.4, -0.2) is 22.9 Å². The highest BCUT2D eigenvalue weighted by molar-refractivity contribution is 5.55. The fraction of sp³-hybridized carbons (Fsp3) is 0.600. The van der Waals surface area contributed by atoms with Crippen LogP contribution in [0.2, 0.25) is 0 Å². The number of nitriles is 1. The first-order chi connectivity index (χ1) is 6.72. The summed E-state index contributed by atoms with van der Waals surface area (Å²) >= 11 is 0. The van der Waals surface area contributed by atoms with Gasteiger partial charge in [0.1, 0.15) is 11.6 Å². The standard InChI is InChI=1S/C10H12N4/c1-13-5-8(4-11)9(12-13)14-6-10(7-14)2-3-10/h5H,2-3,6-7H2,1H3. The van der Waals surface area contributed by atoms with Crippen LogP contribution < -0.4 is 4.90 Å². The zero-order valence-electron chi connectivity index (χ0n) is 8.19. The van der Waals surface area contributed by atoms with Crippen LogP contribution in [0.15, 0.2) is 6.20 Å². The average Bonchev–Trinajstić information content (AvgIpc) is 2.82. The highest BCUT2D eigenvalue weighted by Crippen LogP contribution is 2.53. The van der Waals surface area contributed by atoms with Gasteiger partial charge in [-0.3, -0.25) is 4.68 Å². The summed E-state index contributed by atoms with van der Waals surface area (Å²) in [7, 11) is 1.86. The summed E-state index contributed by atoms with van der Waals surface area (Å²) in [5.74, 6) is 0.868. The quantitative estimate of drug-likeness (QED) is 0.657. The van der Waals surface area contributed by atoms with Gasteiger partial charge in [0.15, 0.2) is 5.82 Å². The molecular weight excluding hydrogens is 176 g/mol. The lowest BCUT2D eigenvalue weighted by Crippen LogP contribution is -2.49. The van der Waals surface area contributed by atoms with E-state index in [1.807, 2.05) is 7.05 Å². The summed E-state index contributed by atoms with van der Waals surface area (Å²) in [6.07, 6.45) is 4.50. The molecule has 0 unspecified atom stereocenters. The fourth-order valence-electron chi connectivity index (χ4n) is 2.20. The lowest BCUT2D eigenvalue weighted by atomic mass is 9.97. The molecule has 72 valence electrons. The minimum Gasteiger partial charge on any atom is -0.353 e. The Kier molecular flexibility index (Phi) is 1.29. The molecule has 4 heteroatoms. The predicted octanol–water partition coefficient (Wildman–Crippen LogP) is 0.892. The summed E-state index contributed by atoms with van der Waals surface area (Å²) in [6, 6.07) is 2.19. The Labute approximate surface area is 82.7 Å². The second-order valence-corrected chi connectivity index (χ2v) is 4.51. The Morgan fingerprint density at radius 1 is 1.50 bits per heavy atom. The number of rotatable bonds is 1. The molecule has 4 nitrogen and oxygen atoms in total. The number of aryl methyl sites for hydroxylation is 1. The zero-order chi connectivity index (χ0) is 9.76. The first-order valence-corrected chi connectivity index (χ1v) is 4.91. The van der Waals surface area contributed by atoms with E-state index in [1.165, 1.54) is 12.8 Å². The predicted molar refractivity (Wildman–Crippen MR) is 51.8 cm³/mol. The Balaban J connectivity index is 1.86. The Hall–Kier alpha value is -1.50. The molecule has 14 heavy (non-hydrogen) atoms. The molecule has 0 atom stereocenters. The van der Waals surface area contributed by atoms with Crippen LogP contribution in [0.4, 0.5) is 5.82 Å². The molecule has 1 aliphatic heterocycles. The van der Waals surface area contributed by atoms with Gasteiger partial charge in [0.05, 0.1) is 0 Å². The summed E-state index contributed by atoms with van der Waals surface area (Å²) < 4.78 is 1.71. The molecule has 1 aromatic heterocycles. The number of hydrogen-bond donors (Lipinski definition) is 0. The number of anilines is 1. The molecule has 0 amide bonds. The van der Waals surface area contributed by atoms with Crippen LogP contribution in [0.3, 0.4) is 0 Å². The van der Waals surface area contributed by atoms with Crippen LogP contribution in [0.1, 0.15) is 18.4 Å². The number of hydrogen-bond acceptors (Lipinski definition) is 3. The SMILES string of the molecule is Cn1cc(C#N)c(N2CC3(CC3)C2)n1. The number of aromatic nitrogens is 2. The van der Waals surface area contributed by atoms with Crippen LogP contribution in [0.5, 0.6) is 0 Å². The van der Waals surface area contributed by atoms with E-state index < -0.39 is 0 Å². The van der Waals surface area contributed by atoms with Crippen molar-refractivity contribution >= 4 is 5.82 Å². The van der Waals surface area contributed by atoms with E-state index in [1.54, 1.807) is 10.9 Å². The molecule has 1 aliphatic carbocycles. The highest BCUT2D eigenvalue weighted by atomic mass is 15.4. The third-order valence-electron chi connectivity index (χ3n) is 3.24. The molecule has 0 N–H and O–H groups in total. The van der Waals surface area contributed by atoms with Crippen molar-refractivity contribution < 1.29 is 0 Å². The van der Waals surface area contributed by atoms with Crippen molar-refractivity contribution in [1.82, 2.24) is 9.78 Å². The van der Waals surface area contributed by atoms with Gasteiger partial charge in [-0.25, -0.2) is 0 Å². The van der Waals surface area contributed by atoms with Gasteiger partial charge in [-0.15, -0.1) is 0 Å². The van der Waals surface area contributed by atoms with Crippen LogP contribution in [0.25, 0.3) is 0 Å². The Morgan fingerprint density at radius 3 is 2.79 bits per heavy atom. The molecule has 1 aromatic rings. The van der Waals surface area contributed by atoms with Crippen LogP contribution in [0, 0.1) is 16.7 Å². The Morgan fingerprint density at radius 2 is 2.21 bits per heavy atom. The topological polar surface area (TPSA) is 44.9 Å². The van der Waals surface area contributed by atoms with Gasteiger partial charge in [0.2, 0.25) is 0 Å². The fourth-order valence-corrected chi connectivity index (χ4v) is 2.20. The van der Waals surface area contributed by atoms with Gasteiger partial charge < -0.3 is 4.90 Å². The second-order valence-electron chi connectivity index (χ2n) is 4.51. The molecule has 2 fully saturated rings. The van der Waals surface area contributed by atoms with Crippen molar-refractivity contribution in [2.45, 2.75) is 12.8 Å². The van der Waals surface area contributed by atoms with E-state index in [0.717, 1.165) is 18.9 Å². The van der Waals surface area contributed by atoms with Gasteiger partial charge in [0, 0.05) is 31.7 Å². The normalized spacial score (nSPS) is 21.9. The minimum absolute atomic E-state index is 0.615. The van der Waals surface area contributed by atoms with Crippen molar-refractivity contribution in [3.63, 3.8) is 0 Å². The van der Waals surface area contributed by atoms with Crippen molar-refractivity contribution in [3.8, 4) is 6.07 Å². The van der Waals surface area contributed by atoms with Gasteiger partial charge in [0.25, 0.3) is 0 Å². The summed E-state index contributed by atoms with van der Waals surface area (Å²) in [5.41, 5.74) is 1.31. The zero-order valence-corrected chi connectivity index (χ0v) is 8.19. The minimum atomic E-state index is 0.615. The van der Waals surface area contributed by atoms with Crippen molar-refractivity contribution in [2.75, 3.05) is 18.0 Å². The van der Waals surface area contributed by atoms with E-state index in [2.05, 4.69) is 16.1 Å². The van der Waals surface area contributed by atoms with Crippen LogP contribution in [-0.2, 0) is 7.05 Å². The molecular formula is C10H12N4. The summed E-state index contributed by atoms with van der Waals surface area (Å²) in [6.45, 7) is 2.19. The summed E-state index contributed by atoms with van der Waals surface area (Å²) in [4.78, 5) is 2.21. The maximum atomic E-state index is 8.92. The van der Waals surface area contributed by atoms with Crippen LogP contribution >= 0.6 is 0 Å². The molecule has 0 radical (unpaired) electrons. The third kappa shape index (κ3) is 0.955. The van der Waals surface area contributed by atoms with Crippen molar-refractivity contribution in [1.29, 1.82) is 5.26 Å². The van der Waals surface area contributed by atoms with Gasteiger partial charge in [-0.05, 0) is 12.8 Å². The van der Waals surface area contributed by atoms with E-state index in [-0.39, 0.29) is 0 Å². The lowest BCUT2D eigenvalue weighted by molar-refractivity contribution is 0.383. The molecule has 1 saturated heterocycles. The molecule has 1 saturated carbocycles. The monoisotopic (exact) mass is 188 g/mol. The van der Waals surface area contributed by atoms with E-state index >= 15 is 0 Å². The highest BCUT2D eigenvalue weighted by Gasteiger charge is 2.53. The largest absolute Gasteiger partial charge is 0.353 e. The van der Waals surface area contributed by atoms with Gasteiger partial charge in [-0.1, -0.05) is 0 Å². The van der Waals surface area contributed by atoms with E-state index in [4.69, 9.17) is 5.26 Å². The molecule has 0 bridgehead atoms. The smallest absolute Gasteiger partial charge is 0.168 e. The first-order valence-electron chi connectivity index (χ1n) is 4.91. The average molecular weight is 188 g/mol. The molecule has 2 heterocycles.